The average molecular weight is 177 g/mol. The molecule has 1 aromatic rings. The maximum absolute atomic E-state index is 5.98. The lowest BCUT2D eigenvalue weighted by atomic mass is 10.1. The lowest BCUT2D eigenvalue weighted by Crippen LogP contribution is -2.22. The van der Waals surface area contributed by atoms with Crippen LogP contribution in [0.2, 0.25) is 0 Å². The summed E-state index contributed by atoms with van der Waals surface area (Å²) in [6.07, 6.45) is 7.96. The minimum absolute atomic E-state index is 0.130. The molecule has 70 valence electrons. The summed E-state index contributed by atoms with van der Waals surface area (Å²) in [5.74, 6) is 0. The second kappa shape index (κ2) is 3.07. The van der Waals surface area contributed by atoms with E-state index in [-0.39, 0.29) is 5.54 Å². The van der Waals surface area contributed by atoms with Gasteiger partial charge in [0.15, 0.2) is 0 Å². The Hall–Kier alpha value is -0.960. The first-order chi connectivity index (χ1) is 6.18. The minimum Gasteiger partial charge on any atom is -0.325 e. The van der Waals surface area contributed by atoms with Crippen molar-refractivity contribution in [3.05, 3.63) is 23.8 Å². The highest BCUT2D eigenvalue weighted by Crippen LogP contribution is 2.36. The number of nitrogens with two attached hydrogens (primary N) is 1. The SMILES string of the molecule is Cc1cncc(CCC2(N)CC2)n1. The molecule has 1 aliphatic rings. The van der Waals surface area contributed by atoms with Gasteiger partial charge in [0.1, 0.15) is 0 Å². The highest BCUT2D eigenvalue weighted by molar-refractivity contribution is 5.06. The molecule has 3 heteroatoms. The predicted molar refractivity (Wildman–Crippen MR) is 51.2 cm³/mol. The molecule has 0 bridgehead atoms. The van der Waals surface area contributed by atoms with Crippen molar-refractivity contribution >= 4 is 0 Å². The summed E-state index contributed by atoms with van der Waals surface area (Å²) in [5, 5.41) is 0. The zero-order valence-electron chi connectivity index (χ0n) is 7.95. The summed E-state index contributed by atoms with van der Waals surface area (Å²) < 4.78 is 0. The zero-order valence-corrected chi connectivity index (χ0v) is 7.95. The Morgan fingerprint density at radius 3 is 2.85 bits per heavy atom. The van der Waals surface area contributed by atoms with Gasteiger partial charge in [0.05, 0.1) is 11.4 Å². The van der Waals surface area contributed by atoms with E-state index in [1.807, 2.05) is 13.1 Å². The molecule has 1 heterocycles. The second-order valence-electron chi connectivity index (χ2n) is 4.01. The highest BCUT2D eigenvalue weighted by atomic mass is 14.8. The van der Waals surface area contributed by atoms with Crippen LogP contribution in [0, 0.1) is 6.92 Å². The van der Waals surface area contributed by atoms with E-state index in [1.165, 1.54) is 12.8 Å². The zero-order chi connectivity index (χ0) is 9.31. The molecule has 0 radical (unpaired) electrons. The van der Waals surface area contributed by atoms with E-state index in [9.17, 15) is 0 Å². The number of nitrogens with zero attached hydrogens (tertiary/aromatic N) is 2. The Morgan fingerprint density at radius 1 is 1.46 bits per heavy atom. The molecule has 3 nitrogen and oxygen atoms in total. The average Bonchev–Trinajstić information content (AvgIpc) is 2.82. The van der Waals surface area contributed by atoms with Crippen molar-refractivity contribution in [3.63, 3.8) is 0 Å². The van der Waals surface area contributed by atoms with Gasteiger partial charge in [-0.25, -0.2) is 0 Å². The quantitative estimate of drug-likeness (QED) is 0.755. The number of hydrogen-bond donors (Lipinski definition) is 1. The number of aryl methyl sites for hydroxylation is 2. The third-order valence-corrected chi connectivity index (χ3v) is 2.58. The van der Waals surface area contributed by atoms with Gasteiger partial charge in [0, 0.05) is 17.9 Å². The highest BCUT2D eigenvalue weighted by Gasteiger charge is 2.37. The first kappa shape index (κ1) is 8.63. The van der Waals surface area contributed by atoms with E-state index >= 15 is 0 Å². The molecule has 13 heavy (non-hydrogen) atoms. The van der Waals surface area contributed by atoms with E-state index in [1.54, 1.807) is 6.20 Å². The Morgan fingerprint density at radius 2 is 2.23 bits per heavy atom. The van der Waals surface area contributed by atoms with Crippen molar-refractivity contribution in [2.24, 2.45) is 5.73 Å². The second-order valence-corrected chi connectivity index (χ2v) is 4.01. The van der Waals surface area contributed by atoms with Crippen molar-refractivity contribution in [2.45, 2.75) is 38.1 Å². The Labute approximate surface area is 78.4 Å². The minimum atomic E-state index is 0.130. The van der Waals surface area contributed by atoms with Crippen molar-refractivity contribution in [1.82, 2.24) is 9.97 Å². The van der Waals surface area contributed by atoms with Crippen LogP contribution in [0.4, 0.5) is 0 Å². The van der Waals surface area contributed by atoms with Gasteiger partial charge in [-0.15, -0.1) is 0 Å². The number of hydrogen-bond acceptors (Lipinski definition) is 3. The monoisotopic (exact) mass is 177 g/mol. The topological polar surface area (TPSA) is 51.8 Å². The molecule has 0 amide bonds. The molecular weight excluding hydrogens is 162 g/mol. The first-order valence-electron chi connectivity index (χ1n) is 4.74. The third kappa shape index (κ3) is 2.25. The molecule has 1 fully saturated rings. The van der Waals surface area contributed by atoms with Crippen LogP contribution in [0.15, 0.2) is 12.4 Å². The summed E-state index contributed by atoms with van der Waals surface area (Å²) in [5.41, 5.74) is 8.17. The van der Waals surface area contributed by atoms with Gasteiger partial charge in [-0.2, -0.15) is 0 Å². The van der Waals surface area contributed by atoms with Crippen LogP contribution < -0.4 is 5.73 Å². The first-order valence-corrected chi connectivity index (χ1v) is 4.74. The fourth-order valence-corrected chi connectivity index (χ4v) is 1.42. The fraction of sp³-hybridized carbons (Fsp3) is 0.600. The molecule has 0 unspecified atom stereocenters. The normalized spacial score (nSPS) is 18.6. The lowest BCUT2D eigenvalue weighted by Gasteiger charge is -2.06. The van der Waals surface area contributed by atoms with Gasteiger partial charge in [0.2, 0.25) is 0 Å². The van der Waals surface area contributed by atoms with Crippen LogP contribution >= 0.6 is 0 Å². The molecule has 0 aromatic carbocycles. The van der Waals surface area contributed by atoms with Gasteiger partial charge in [0.25, 0.3) is 0 Å². The molecule has 0 aliphatic heterocycles. The number of rotatable bonds is 3. The number of aromatic nitrogens is 2. The van der Waals surface area contributed by atoms with E-state index in [0.717, 1.165) is 24.2 Å². The Kier molecular flexibility index (Phi) is 2.04. The largest absolute Gasteiger partial charge is 0.325 e. The van der Waals surface area contributed by atoms with Gasteiger partial charge in [-0.05, 0) is 32.6 Å². The Bertz CT molecular complexity index is 305. The van der Waals surface area contributed by atoms with Crippen molar-refractivity contribution in [3.8, 4) is 0 Å². The van der Waals surface area contributed by atoms with Crippen LogP contribution in [0.25, 0.3) is 0 Å². The van der Waals surface area contributed by atoms with E-state index in [4.69, 9.17) is 5.73 Å². The fourth-order valence-electron chi connectivity index (χ4n) is 1.42. The molecule has 2 rings (SSSR count). The molecule has 0 saturated heterocycles. The van der Waals surface area contributed by atoms with Gasteiger partial charge in [-0.3, -0.25) is 9.97 Å². The van der Waals surface area contributed by atoms with Crippen molar-refractivity contribution in [2.75, 3.05) is 0 Å². The summed E-state index contributed by atoms with van der Waals surface area (Å²) in [4.78, 5) is 8.49. The predicted octanol–water partition coefficient (Wildman–Crippen LogP) is 1.21. The summed E-state index contributed by atoms with van der Waals surface area (Å²) >= 11 is 0. The van der Waals surface area contributed by atoms with Crippen molar-refractivity contribution in [1.29, 1.82) is 0 Å². The van der Waals surface area contributed by atoms with Crippen LogP contribution in [0.5, 0.6) is 0 Å². The Balaban J connectivity index is 1.94. The molecule has 1 saturated carbocycles. The molecular formula is C10H15N3. The third-order valence-electron chi connectivity index (χ3n) is 2.58. The van der Waals surface area contributed by atoms with Gasteiger partial charge in [-0.1, -0.05) is 0 Å². The molecule has 2 N–H and O–H groups in total. The van der Waals surface area contributed by atoms with Crippen LogP contribution in [0.3, 0.4) is 0 Å². The van der Waals surface area contributed by atoms with Crippen LogP contribution in [0.1, 0.15) is 30.7 Å². The summed E-state index contributed by atoms with van der Waals surface area (Å²) in [6, 6.07) is 0. The molecule has 1 aliphatic carbocycles. The van der Waals surface area contributed by atoms with Crippen molar-refractivity contribution < 1.29 is 0 Å². The summed E-state index contributed by atoms with van der Waals surface area (Å²) in [6.45, 7) is 1.96. The smallest absolute Gasteiger partial charge is 0.0590 e. The maximum Gasteiger partial charge on any atom is 0.0590 e. The van der Waals surface area contributed by atoms with Gasteiger partial charge >= 0.3 is 0 Å². The standard InChI is InChI=1S/C10H15N3/c1-8-6-12-7-9(13-8)2-3-10(11)4-5-10/h6-7H,2-5,11H2,1H3. The maximum atomic E-state index is 5.98. The lowest BCUT2D eigenvalue weighted by molar-refractivity contribution is 0.601. The molecule has 0 atom stereocenters. The molecule has 0 spiro atoms. The van der Waals surface area contributed by atoms with Crippen LogP contribution in [-0.2, 0) is 6.42 Å². The summed E-state index contributed by atoms with van der Waals surface area (Å²) in [7, 11) is 0. The van der Waals surface area contributed by atoms with E-state index in [2.05, 4.69) is 9.97 Å². The van der Waals surface area contributed by atoms with Gasteiger partial charge < -0.3 is 5.73 Å². The van der Waals surface area contributed by atoms with E-state index in [0.29, 0.717) is 0 Å². The van der Waals surface area contributed by atoms with Crippen LogP contribution in [-0.4, -0.2) is 15.5 Å². The van der Waals surface area contributed by atoms with E-state index < -0.39 is 0 Å². The molecule has 1 aromatic heterocycles.